The molecular weight excluding hydrogens is 471 g/mol. The van der Waals surface area contributed by atoms with Crippen LogP contribution in [-0.2, 0) is 6.61 Å². The van der Waals surface area contributed by atoms with Crippen molar-refractivity contribution in [3.8, 4) is 5.88 Å². The molecular formula is C24H35FN6O3S. The fourth-order valence-electron chi connectivity index (χ4n) is 3.83. The van der Waals surface area contributed by atoms with Crippen LogP contribution in [-0.4, -0.2) is 72.4 Å². The minimum atomic E-state index is -0.784. The summed E-state index contributed by atoms with van der Waals surface area (Å²) in [7, 11) is 2.16. The van der Waals surface area contributed by atoms with Crippen molar-refractivity contribution in [1.29, 1.82) is 0 Å². The number of primary amides is 1. The molecule has 4 N–H and O–H groups in total. The number of aryl methyl sites for hydroxylation is 1. The predicted molar refractivity (Wildman–Crippen MR) is 136 cm³/mol. The summed E-state index contributed by atoms with van der Waals surface area (Å²) in [6.07, 6.45) is 4.19. The maximum absolute atomic E-state index is 14.0. The molecule has 0 radical (unpaired) electrons. The molecule has 3 amide bonds. The van der Waals surface area contributed by atoms with Gasteiger partial charge in [-0.05, 0) is 56.5 Å². The molecule has 3 rings (SSSR count). The fourth-order valence-corrected chi connectivity index (χ4v) is 4.56. The number of carbonyl (C=O) groups excluding carboxylic acids is 2. The largest absolute Gasteiger partial charge is 0.471 e. The van der Waals surface area contributed by atoms with E-state index in [2.05, 4.69) is 31.9 Å². The quantitative estimate of drug-likeness (QED) is 0.381. The van der Waals surface area contributed by atoms with Gasteiger partial charge in [0.1, 0.15) is 23.0 Å². The summed E-state index contributed by atoms with van der Waals surface area (Å²) >= 11 is 0.889. The zero-order valence-corrected chi connectivity index (χ0v) is 21.3. The third-order valence-electron chi connectivity index (χ3n) is 5.99. The van der Waals surface area contributed by atoms with E-state index in [4.69, 9.17) is 10.5 Å². The summed E-state index contributed by atoms with van der Waals surface area (Å²) in [4.78, 5) is 29.1. The van der Waals surface area contributed by atoms with E-state index in [1.807, 2.05) is 0 Å². The Morgan fingerprint density at radius 3 is 2.63 bits per heavy atom. The number of piperazine rings is 1. The highest BCUT2D eigenvalue weighted by atomic mass is 32.1. The van der Waals surface area contributed by atoms with Crippen LogP contribution in [0.2, 0.25) is 0 Å². The monoisotopic (exact) mass is 506 g/mol. The van der Waals surface area contributed by atoms with E-state index in [0.29, 0.717) is 12.1 Å². The van der Waals surface area contributed by atoms with Crippen molar-refractivity contribution in [3.63, 3.8) is 0 Å². The third kappa shape index (κ3) is 8.44. The molecule has 11 heteroatoms. The van der Waals surface area contributed by atoms with Gasteiger partial charge in [-0.3, -0.25) is 10.1 Å². The van der Waals surface area contributed by atoms with Gasteiger partial charge in [0, 0.05) is 38.3 Å². The number of nitrogens with two attached hydrogens (primary N) is 1. The average molecular weight is 507 g/mol. The summed E-state index contributed by atoms with van der Waals surface area (Å²) in [6.45, 7) is 7.88. The number of aromatic nitrogens is 1. The molecule has 0 aliphatic carbocycles. The summed E-state index contributed by atoms with van der Waals surface area (Å²) in [5.41, 5.74) is 6.57. The number of nitrogens with one attached hydrogen (secondary N) is 2. The minimum Gasteiger partial charge on any atom is -0.471 e. The maximum Gasteiger partial charge on any atom is 0.319 e. The Hall–Kier alpha value is -2.76. The summed E-state index contributed by atoms with van der Waals surface area (Å²) in [5, 5.41) is 5.61. The van der Waals surface area contributed by atoms with Crippen molar-refractivity contribution in [3.05, 3.63) is 40.7 Å². The van der Waals surface area contributed by atoms with Crippen LogP contribution in [0.3, 0.4) is 0 Å². The van der Waals surface area contributed by atoms with Crippen molar-refractivity contribution in [1.82, 2.24) is 19.5 Å². The lowest BCUT2D eigenvalue weighted by Gasteiger charge is -2.32. The van der Waals surface area contributed by atoms with Gasteiger partial charge in [-0.2, -0.15) is 4.37 Å². The number of benzene rings is 1. The molecule has 0 spiro atoms. The number of carbonyl (C=O) groups is 2. The van der Waals surface area contributed by atoms with Gasteiger partial charge >= 0.3 is 6.03 Å². The first kappa shape index (κ1) is 26.8. The lowest BCUT2D eigenvalue weighted by atomic mass is 10.1. The number of halogens is 1. The molecule has 2 aromatic rings. The maximum atomic E-state index is 14.0. The van der Waals surface area contributed by atoms with Crippen molar-refractivity contribution in [2.24, 2.45) is 5.73 Å². The van der Waals surface area contributed by atoms with Crippen molar-refractivity contribution in [2.45, 2.75) is 39.2 Å². The molecule has 0 unspecified atom stereocenters. The minimum absolute atomic E-state index is 0.0263. The lowest BCUT2D eigenvalue weighted by molar-refractivity contribution is 0.0996. The number of unbranched alkanes of at least 4 members (excludes halogenated alkanes) is 3. The SMILES string of the molecule is Cc1ccc(COc2nsc(NC(=O)NCCCCCCN3CCN(C)CC3)c2C(N)=O)c(F)c1. The Bertz CT molecular complexity index is 994. The number of amides is 3. The number of nitrogens with zero attached hydrogens (tertiary/aromatic N) is 3. The van der Waals surface area contributed by atoms with E-state index in [-0.39, 0.29) is 23.1 Å². The van der Waals surface area contributed by atoms with Gasteiger partial charge in [-0.25, -0.2) is 9.18 Å². The van der Waals surface area contributed by atoms with Crippen LogP contribution in [0.15, 0.2) is 18.2 Å². The summed E-state index contributed by atoms with van der Waals surface area (Å²) < 4.78 is 23.7. The first-order chi connectivity index (χ1) is 16.8. The first-order valence-corrected chi connectivity index (χ1v) is 12.7. The topological polar surface area (TPSA) is 113 Å². The number of hydrogen-bond acceptors (Lipinski definition) is 7. The fraction of sp³-hybridized carbons (Fsp3) is 0.542. The first-order valence-electron chi connectivity index (χ1n) is 12.0. The summed E-state index contributed by atoms with van der Waals surface area (Å²) in [6, 6.07) is 4.34. The van der Waals surface area contributed by atoms with Crippen LogP contribution in [0, 0.1) is 12.7 Å². The molecule has 9 nitrogen and oxygen atoms in total. The van der Waals surface area contributed by atoms with E-state index < -0.39 is 17.8 Å². The number of ether oxygens (including phenoxy) is 1. The smallest absolute Gasteiger partial charge is 0.319 e. The van der Waals surface area contributed by atoms with Gasteiger partial charge in [-0.1, -0.05) is 25.0 Å². The van der Waals surface area contributed by atoms with E-state index >= 15 is 0 Å². The molecule has 1 fully saturated rings. The molecule has 192 valence electrons. The molecule has 1 aromatic carbocycles. The zero-order chi connectivity index (χ0) is 25.2. The van der Waals surface area contributed by atoms with Crippen LogP contribution in [0.1, 0.15) is 47.2 Å². The number of likely N-dealkylation sites (N-methyl/N-ethyl adjacent to an activating group) is 1. The van der Waals surface area contributed by atoms with E-state index in [0.717, 1.165) is 75.5 Å². The number of anilines is 1. The van der Waals surface area contributed by atoms with E-state index in [1.54, 1.807) is 19.1 Å². The second-order valence-electron chi connectivity index (χ2n) is 8.88. The van der Waals surface area contributed by atoms with Crippen molar-refractivity contribution < 1.29 is 18.7 Å². The normalized spacial score (nSPS) is 14.6. The van der Waals surface area contributed by atoms with Gasteiger partial charge in [0.05, 0.1) is 0 Å². The van der Waals surface area contributed by atoms with Gasteiger partial charge in [0.2, 0.25) is 5.88 Å². The van der Waals surface area contributed by atoms with Crippen molar-refractivity contribution in [2.75, 3.05) is 51.6 Å². The Balaban J connectivity index is 1.37. The molecule has 0 saturated carbocycles. The van der Waals surface area contributed by atoms with E-state index in [9.17, 15) is 14.0 Å². The van der Waals surface area contributed by atoms with Gasteiger partial charge in [-0.15, -0.1) is 0 Å². The van der Waals surface area contributed by atoms with Crippen molar-refractivity contribution >= 4 is 28.5 Å². The lowest BCUT2D eigenvalue weighted by Crippen LogP contribution is -2.44. The number of urea groups is 1. The van der Waals surface area contributed by atoms with Crippen LogP contribution < -0.4 is 21.1 Å². The van der Waals surface area contributed by atoms with Crippen LogP contribution in [0.4, 0.5) is 14.2 Å². The second kappa shape index (κ2) is 13.4. The number of rotatable bonds is 12. The molecule has 0 bridgehead atoms. The average Bonchev–Trinajstić information content (AvgIpc) is 3.21. The Labute approximate surface area is 210 Å². The van der Waals surface area contributed by atoms with Crippen LogP contribution >= 0.6 is 11.5 Å². The third-order valence-corrected chi connectivity index (χ3v) is 6.74. The second-order valence-corrected chi connectivity index (χ2v) is 9.65. The molecule has 35 heavy (non-hydrogen) atoms. The van der Waals surface area contributed by atoms with Crippen LogP contribution in [0.25, 0.3) is 0 Å². The Kier molecular flexibility index (Phi) is 10.2. The zero-order valence-electron chi connectivity index (χ0n) is 20.4. The van der Waals surface area contributed by atoms with Crippen LogP contribution in [0.5, 0.6) is 5.88 Å². The van der Waals surface area contributed by atoms with E-state index in [1.165, 1.54) is 6.07 Å². The highest BCUT2D eigenvalue weighted by Gasteiger charge is 2.22. The van der Waals surface area contributed by atoms with Gasteiger partial charge < -0.3 is 25.6 Å². The van der Waals surface area contributed by atoms with Gasteiger partial charge in [0.25, 0.3) is 5.91 Å². The highest BCUT2D eigenvalue weighted by molar-refractivity contribution is 7.11. The molecule has 1 aliphatic rings. The van der Waals surface area contributed by atoms with Gasteiger partial charge in [0.15, 0.2) is 0 Å². The Morgan fingerprint density at radius 2 is 1.91 bits per heavy atom. The molecule has 1 aliphatic heterocycles. The molecule has 1 saturated heterocycles. The predicted octanol–water partition coefficient (Wildman–Crippen LogP) is 3.20. The highest BCUT2D eigenvalue weighted by Crippen LogP contribution is 2.31. The Morgan fingerprint density at radius 1 is 1.17 bits per heavy atom. The summed E-state index contributed by atoms with van der Waals surface area (Å²) in [5.74, 6) is -1.22. The molecule has 2 heterocycles. The standard InChI is InChI=1S/C24H35FN6O3S/c1-17-7-8-18(19(25)15-17)16-34-22-20(21(26)32)23(35-29-22)28-24(33)27-9-5-3-4-6-10-31-13-11-30(2)12-14-31/h7-8,15H,3-6,9-14,16H2,1-2H3,(H2,26,32)(H2,27,28,33). The molecule has 1 aromatic heterocycles. The molecule has 0 atom stereocenters. The number of hydrogen-bond donors (Lipinski definition) is 3.